The fourth-order valence-corrected chi connectivity index (χ4v) is 2.47. The van der Waals surface area contributed by atoms with E-state index < -0.39 is 6.10 Å². The van der Waals surface area contributed by atoms with E-state index in [1.165, 1.54) is 0 Å². The van der Waals surface area contributed by atoms with Crippen LogP contribution in [0.3, 0.4) is 0 Å². The summed E-state index contributed by atoms with van der Waals surface area (Å²) in [6.45, 7) is 1.94. The zero-order valence-electron chi connectivity index (χ0n) is 7.57. The minimum atomic E-state index is -0.529. The van der Waals surface area contributed by atoms with E-state index in [1.807, 2.05) is 6.92 Å². The van der Waals surface area contributed by atoms with Crippen molar-refractivity contribution >= 4 is 22.6 Å². The van der Waals surface area contributed by atoms with Crippen molar-refractivity contribution in [3.63, 3.8) is 0 Å². The second-order valence-corrected chi connectivity index (χ2v) is 4.38. The highest BCUT2D eigenvalue weighted by atomic mass is 127. The van der Waals surface area contributed by atoms with Crippen LogP contribution in [-0.4, -0.2) is 33.9 Å². The Hall–Kier alpha value is 0.530. The Balaban J connectivity index is 2.66. The monoisotopic (exact) mass is 300 g/mol. The van der Waals surface area contributed by atoms with Crippen LogP contribution in [0, 0.1) is 5.92 Å². The van der Waals surface area contributed by atoms with Gasteiger partial charge in [-0.1, -0.05) is 29.5 Å². The first-order valence-electron chi connectivity index (χ1n) is 4.33. The highest BCUT2D eigenvalue weighted by Gasteiger charge is 2.38. The Morgan fingerprint density at radius 1 is 1.62 bits per heavy atom. The summed E-state index contributed by atoms with van der Waals surface area (Å²) in [7, 11) is 0. The molecule has 0 bridgehead atoms. The maximum atomic E-state index is 9.73. The standard InChI is InChI=1S/C7H17IN4O/c1-3-5(9)4(2-8)11-7(12-10)6(3)13/h3-7,11-13H,2,9-10H2,1H3. The van der Waals surface area contributed by atoms with Crippen LogP contribution in [0.15, 0.2) is 0 Å². The second-order valence-electron chi connectivity index (χ2n) is 3.50. The van der Waals surface area contributed by atoms with E-state index in [4.69, 9.17) is 11.6 Å². The first-order valence-corrected chi connectivity index (χ1v) is 5.86. The van der Waals surface area contributed by atoms with Crippen LogP contribution in [0.4, 0.5) is 0 Å². The fraction of sp³-hybridized carbons (Fsp3) is 1.00. The van der Waals surface area contributed by atoms with Gasteiger partial charge in [0.1, 0.15) is 0 Å². The van der Waals surface area contributed by atoms with E-state index >= 15 is 0 Å². The summed E-state index contributed by atoms with van der Waals surface area (Å²) in [6.07, 6.45) is -0.784. The minimum Gasteiger partial charge on any atom is -0.390 e. The molecule has 1 fully saturated rings. The van der Waals surface area contributed by atoms with Crippen LogP contribution < -0.4 is 22.3 Å². The van der Waals surface area contributed by atoms with Crippen LogP contribution >= 0.6 is 22.6 Å². The number of halogens is 1. The topological polar surface area (TPSA) is 96.3 Å². The molecule has 6 heteroatoms. The van der Waals surface area contributed by atoms with Gasteiger partial charge in [0.15, 0.2) is 0 Å². The molecule has 7 N–H and O–H groups in total. The Morgan fingerprint density at radius 2 is 2.23 bits per heavy atom. The van der Waals surface area contributed by atoms with Gasteiger partial charge in [0.05, 0.1) is 12.3 Å². The summed E-state index contributed by atoms with van der Waals surface area (Å²) in [6, 6.07) is 0.191. The molecule has 0 radical (unpaired) electrons. The van der Waals surface area contributed by atoms with Crippen LogP contribution in [-0.2, 0) is 0 Å². The molecule has 0 aromatic carbocycles. The van der Waals surface area contributed by atoms with Crippen molar-refractivity contribution < 1.29 is 5.11 Å². The fourth-order valence-electron chi connectivity index (χ4n) is 1.63. The van der Waals surface area contributed by atoms with Gasteiger partial charge in [-0.2, -0.15) is 0 Å². The number of hydrogen-bond acceptors (Lipinski definition) is 5. The molecule has 0 amide bonds. The van der Waals surface area contributed by atoms with Crippen LogP contribution in [0.25, 0.3) is 0 Å². The summed E-state index contributed by atoms with van der Waals surface area (Å²) in [5.41, 5.74) is 8.49. The zero-order chi connectivity index (χ0) is 10.0. The molecule has 0 spiro atoms. The summed E-state index contributed by atoms with van der Waals surface area (Å²) >= 11 is 2.27. The number of aliphatic hydroxyl groups excluding tert-OH is 1. The van der Waals surface area contributed by atoms with Gasteiger partial charge >= 0.3 is 0 Å². The van der Waals surface area contributed by atoms with E-state index in [9.17, 15) is 5.11 Å². The summed E-state index contributed by atoms with van der Waals surface area (Å²) in [5.74, 6) is 5.36. The van der Waals surface area contributed by atoms with Crippen LogP contribution in [0.2, 0.25) is 0 Å². The Morgan fingerprint density at radius 3 is 2.69 bits per heavy atom. The lowest BCUT2D eigenvalue weighted by Gasteiger charge is -2.42. The predicted octanol–water partition coefficient (Wildman–Crippen LogP) is -1.49. The van der Waals surface area contributed by atoms with Crippen molar-refractivity contribution in [2.45, 2.75) is 31.3 Å². The molecule has 1 aliphatic rings. The van der Waals surface area contributed by atoms with Gasteiger partial charge in [0.2, 0.25) is 0 Å². The van der Waals surface area contributed by atoms with Gasteiger partial charge in [-0.05, 0) is 0 Å². The lowest BCUT2D eigenvalue weighted by atomic mass is 9.86. The molecule has 5 atom stereocenters. The van der Waals surface area contributed by atoms with Gasteiger partial charge in [0, 0.05) is 22.4 Å². The minimum absolute atomic E-state index is 0.0171. The number of hydrogen-bond donors (Lipinski definition) is 5. The average Bonchev–Trinajstić information content (AvgIpc) is 2.15. The quantitative estimate of drug-likeness (QED) is 0.185. The third-order valence-corrected chi connectivity index (χ3v) is 3.64. The van der Waals surface area contributed by atoms with Gasteiger partial charge in [-0.25, -0.2) is 5.43 Å². The molecule has 1 heterocycles. The number of nitrogens with two attached hydrogens (primary N) is 2. The number of alkyl halides is 1. The van der Waals surface area contributed by atoms with Crippen LogP contribution in [0.5, 0.6) is 0 Å². The molecule has 1 rings (SSSR count). The Kier molecular flexibility index (Phi) is 4.33. The third kappa shape index (κ3) is 2.31. The first kappa shape index (κ1) is 11.6. The van der Waals surface area contributed by atoms with Gasteiger partial charge in [-0.3, -0.25) is 11.2 Å². The molecule has 1 saturated heterocycles. The van der Waals surface area contributed by atoms with E-state index in [0.29, 0.717) is 0 Å². The van der Waals surface area contributed by atoms with Gasteiger partial charge < -0.3 is 10.8 Å². The Labute approximate surface area is 91.7 Å². The maximum absolute atomic E-state index is 9.73. The van der Waals surface area contributed by atoms with Crippen LogP contribution in [0.1, 0.15) is 6.92 Å². The number of nitrogens with one attached hydrogen (secondary N) is 2. The summed E-state index contributed by atoms with van der Waals surface area (Å²) in [4.78, 5) is 0. The number of piperidine rings is 1. The van der Waals surface area contributed by atoms with E-state index in [1.54, 1.807) is 0 Å². The molecule has 5 unspecified atom stereocenters. The summed E-state index contributed by atoms with van der Waals surface area (Å²) in [5, 5.41) is 12.9. The van der Waals surface area contributed by atoms with Crippen molar-refractivity contribution in [2.75, 3.05) is 4.43 Å². The van der Waals surface area contributed by atoms with Crippen molar-refractivity contribution in [1.29, 1.82) is 0 Å². The number of rotatable bonds is 2. The van der Waals surface area contributed by atoms with E-state index in [0.717, 1.165) is 4.43 Å². The second kappa shape index (κ2) is 4.85. The molecule has 0 aliphatic carbocycles. The van der Waals surface area contributed by atoms with E-state index in [-0.39, 0.29) is 24.2 Å². The highest BCUT2D eigenvalue weighted by molar-refractivity contribution is 14.1. The van der Waals surface area contributed by atoms with Gasteiger partial charge in [-0.15, -0.1) is 0 Å². The predicted molar refractivity (Wildman–Crippen MR) is 60.1 cm³/mol. The molecule has 5 nitrogen and oxygen atoms in total. The summed E-state index contributed by atoms with van der Waals surface area (Å²) < 4.78 is 0.911. The number of aliphatic hydroxyl groups is 1. The maximum Gasteiger partial charge on any atom is 0.0970 e. The van der Waals surface area contributed by atoms with Gasteiger partial charge in [0.25, 0.3) is 0 Å². The number of hydrazine groups is 1. The average molecular weight is 300 g/mol. The third-order valence-electron chi connectivity index (χ3n) is 2.69. The molecule has 1 aliphatic heterocycles. The molecular formula is C7H17IN4O. The normalized spacial score (nSPS) is 46.4. The molecular weight excluding hydrogens is 283 g/mol. The smallest absolute Gasteiger partial charge is 0.0970 e. The van der Waals surface area contributed by atoms with Crippen molar-refractivity contribution in [1.82, 2.24) is 10.7 Å². The van der Waals surface area contributed by atoms with Crippen molar-refractivity contribution in [2.24, 2.45) is 17.5 Å². The largest absolute Gasteiger partial charge is 0.390 e. The lowest BCUT2D eigenvalue weighted by Crippen LogP contribution is -2.69. The Bertz CT molecular complexity index is 151. The lowest BCUT2D eigenvalue weighted by molar-refractivity contribution is 0.0128. The van der Waals surface area contributed by atoms with Crippen molar-refractivity contribution in [3.05, 3.63) is 0 Å². The molecule has 0 aromatic rings. The first-order chi connectivity index (χ1) is 6.11. The molecule has 0 aromatic heterocycles. The molecule has 78 valence electrons. The zero-order valence-corrected chi connectivity index (χ0v) is 9.73. The van der Waals surface area contributed by atoms with E-state index in [2.05, 4.69) is 33.3 Å². The molecule has 13 heavy (non-hydrogen) atoms. The SMILES string of the molecule is CC1C(N)C(CI)NC(NN)C1O. The van der Waals surface area contributed by atoms with Crippen molar-refractivity contribution in [3.8, 4) is 0 Å². The highest BCUT2D eigenvalue weighted by Crippen LogP contribution is 2.19. The molecule has 0 saturated carbocycles.